The number of aromatic carboxylic acids is 1. The number of nitrogens with zero attached hydrogens (tertiary/aromatic N) is 1. The average molecular weight is 182 g/mol. The molecule has 1 saturated carbocycles. The average Bonchev–Trinajstić information content (AvgIpc) is 2.79. The number of ether oxygens (including phenoxy) is 1. The van der Waals surface area contributed by atoms with Gasteiger partial charge in [0.05, 0.1) is 6.61 Å². The van der Waals surface area contributed by atoms with Gasteiger partial charge in [0.25, 0.3) is 0 Å². The topological polar surface area (TPSA) is 75.2 Å². The molecule has 5 nitrogen and oxygen atoms in total. The number of carboxylic acids is 1. The molecule has 1 aliphatic rings. The first-order chi connectivity index (χ1) is 6.25. The Morgan fingerprint density at radius 1 is 1.77 bits per heavy atom. The summed E-state index contributed by atoms with van der Waals surface area (Å²) < 4.78 is 5.26. The van der Waals surface area contributed by atoms with E-state index in [2.05, 4.69) is 10.2 Å². The molecule has 0 amide bonds. The normalized spacial score (nSPS) is 15.7. The van der Waals surface area contributed by atoms with E-state index in [1.54, 1.807) is 0 Å². The molecule has 1 aliphatic carbocycles. The highest BCUT2D eigenvalue weighted by Gasteiger charge is 2.22. The molecule has 0 radical (unpaired) electrons. The summed E-state index contributed by atoms with van der Waals surface area (Å²) in [5.74, 6) is -0.0111. The van der Waals surface area contributed by atoms with Crippen molar-refractivity contribution in [2.75, 3.05) is 6.61 Å². The maximum atomic E-state index is 10.4. The predicted octanol–water partition coefficient (Wildman–Crippen LogP) is 0.897. The van der Waals surface area contributed by atoms with Crippen molar-refractivity contribution >= 4 is 5.97 Å². The lowest BCUT2D eigenvalue weighted by atomic mass is 10.4. The van der Waals surface area contributed by atoms with E-state index >= 15 is 0 Å². The summed E-state index contributed by atoms with van der Waals surface area (Å²) >= 11 is 0. The smallest absolute Gasteiger partial charge is 0.354 e. The number of carbonyl (C=O) groups is 1. The minimum absolute atomic E-state index is 0.0609. The van der Waals surface area contributed by atoms with E-state index in [9.17, 15) is 4.79 Å². The van der Waals surface area contributed by atoms with Crippen LogP contribution < -0.4 is 4.74 Å². The molecule has 2 rings (SSSR count). The lowest BCUT2D eigenvalue weighted by Gasteiger charge is -1.97. The molecule has 1 aromatic heterocycles. The largest absolute Gasteiger partial charge is 0.477 e. The fraction of sp³-hybridized carbons (Fsp3) is 0.500. The van der Waals surface area contributed by atoms with Crippen molar-refractivity contribution in [1.82, 2.24) is 10.2 Å². The summed E-state index contributed by atoms with van der Waals surface area (Å²) in [5.41, 5.74) is 0.0609. The molecule has 0 atom stereocenters. The summed E-state index contributed by atoms with van der Waals surface area (Å²) in [7, 11) is 0. The Morgan fingerprint density at radius 3 is 3.08 bits per heavy atom. The third-order valence-corrected chi connectivity index (χ3v) is 1.95. The lowest BCUT2D eigenvalue weighted by Crippen LogP contribution is -1.98. The molecular formula is C8H10N2O3. The second kappa shape index (κ2) is 3.08. The van der Waals surface area contributed by atoms with Gasteiger partial charge in [-0.25, -0.2) is 4.79 Å². The van der Waals surface area contributed by atoms with E-state index in [4.69, 9.17) is 9.84 Å². The first kappa shape index (κ1) is 8.10. The number of carboxylic acid groups (broad SMARTS) is 1. The van der Waals surface area contributed by atoms with Gasteiger partial charge < -0.3 is 9.84 Å². The second-order valence-corrected chi connectivity index (χ2v) is 3.18. The van der Waals surface area contributed by atoms with E-state index in [1.807, 2.05) is 0 Å². The fourth-order valence-electron chi connectivity index (χ4n) is 0.975. The number of nitrogens with one attached hydrogen (secondary N) is 1. The second-order valence-electron chi connectivity index (χ2n) is 3.18. The Bertz CT molecular complexity index is 317. The summed E-state index contributed by atoms with van der Waals surface area (Å²) in [6.45, 7) is 0.643. The van der Waals surface area contributed by atoms with Gasteiger partial charge in [-0.15, -0.1) is 5.10 Å². The number of hydrogen-bond acceptors (Lipinski definition) is 3. The molecule has 0 bridgehead atoms. The molecule has 0 spiro atoms. The summed E-state index contributed by atoms with van der Waals surface area (Å²) in [4.78, 5) is 10.4. The van der Waals surface area contributed by atoms with E-state index < -0.39 is 5.97 Å². The predicted molar refractivity (Wildman–Crippen MR) is 43.8 cm³/mol. The van der Waals surface area contributed by atoms with Crippen molar-refractivity contribution < 1.29 is 14.6 Å². The zero-order valence-electron chi connectivity index (χ0n) is 6.99. The third kappa shape index (κ3) is 1.99. The highest BCUT2D eigenvalue weighted by atomic mass is 16.5. The van der Waals surface area contributed by atoms with Crippen LogP contribution in [0.15, 0.2) is 6.07 Å². The quantitative estimate of drug-likeness (QED) is 0.725. The Morgan fingerprint density at radius 2 is 2.54 bits per heavy atom. The van der Waals surface area contributed by atoms with Crippen LogP contribution in [0.4, 0.5) is 0 Å². The number of aromatic amines is 1. The minimum Gasteiger partial charge on any atom is -0.477 e. The molecule has 0 saturated heterocycles. The maximum absolute atomic E-state index is 10.4. The lowest BCUT2D eigenvalue weighted by molar-refractivity contribution is 0.0690. The monoisotopic (exact) mass is 182 g/mol. The minimum atomic E-state index is -1.02. The fourth-order valence-corrected chi connectivity index (χ4v) is 0.975. The van der Waals surface area contributed by atoms with Crippen molar-refractivity contribution in [2.24, 2.45) is 5.92 Å². The molecule has 0 aromatic carbocycles. The van der Waals surface area contributed by atoms with Crippen LogP contribution in [0.2, 0.25) is 0 Å². The van der Waals surface area contributed by atoms with Gasteiger partial charge in [0, 0.05) is 6.07 Å². The molecule has 70 valence electrons. The van der Waals surface area contributed by atoms with Crippen molar-refractivity contribution in [2.45, 2.75) is 12.8 Å². The standard InChI is InChI=1S/C8H10N2O3/c11-8(12)6-3-7(10-9-6)13-4-5-1-2-5/h3,5H,1-2,4H2,(H,9,10)(H,11,12). The van der Waals surface area contributed by atoms with E-state index in [0.29, 0.717) is 18.4 Å². The van der Waals surface area contributed by atoms with Gasteiger partial charge in [0.1, 0.15) is 5.69 Å². The van der Waals surface area contributed by atoms with Crippen LogP contribution in [0.1, 0.15) is 23.3 Å². The first-order valence-corrected chi connectivity index (χ1v) is 4.17. The Balaban J connectivity index is 1.92. The Kier molecular flexibility index (Phi) is 1.92. The van der Waals surface area contributed by atoms with Gasteiger partial charge in [-0.1, -0.05) is 0 Å². The number of rotatable bonds is 4. The molecule has 2 N–H and O–H groups in total. The van der Waals surface area contributed by atoms with Crippen molar-refractivity contribution in [3.63, 3.8) is 0 Å². The number of H-pyrrole nitrogens is 1. The molecule has 5 heteroatoms. The van der Waals surface area contributed by atoms with Gasteiger partial charge in [0.2, 0.25) is 5.88 Å². The van der Waals surface area contributed by atoms with Gasteiger partial charge in [-0.05, 0) is 18.8 Å². The zero-order valence-corrected chi connectivity index (χ0v) is 6.99. The molecule has 13 heavy (non-hydrogen) atoms. The van der Waals surface area contributed by atoms with E-state index in [0.717, 1.165) is 0 Å². The maximum Gasteiger partial charge on any atom is 0.354 e. The van der Waals surface area contributed by atoms with Crippen molar-refractivity contribution in [1.29, 1.82) is 0 Å². The third-order valence-electron chi connectivity index (χ3n) is 1.95. The van der Waals surface area contributed by atoms with Crippen molar-refractivity contribution in [3.8, 4) is 5.88 Å². The molecule has 0 unspecified atom stereocenters. The van der Waals surface area contributed by atoms with Crippen LogP contribution in [0.3, 0.4) is 0 Å². The van der Waals surface area contributed by atoms with Crippen molar-refractivity contribution in [3.05, 3.63) is 11.8 Å². The van der Waals surface area contributed by atoms with Crippen LogP contribution in [0.25, 0.3) is 0 Å². The van der Waals surface area contributed by atoms with Gasteiger partial charge in [-0.2, -0.15) is 0 Å². The van der Waals surface area contributed by atoms with E-state index in [-0.39, 0.29) is 5.69 Å². The number of aromatic nitrogens is 2. The Labute approximate surface area is 74.7 Å². The summed E-state index contributed by atoms with van der Waals surface area (Å²) in [6.07, 6.45) is 2.41. The van der Waals surface area contributed by atoms with Gasteiger partial charge >= 0.3 is 5.97 Å². The molecule has 1 fully saturated rings. The molecule has 0 aliphatic heterocycles. The van der Waals surface area contributed by atoms with Crippen LogP contribution in [-0.4, -0.2) is 27.9 Å². The zero-order chi connectivity index (χ0) is 9.26. The van der Waals surface area contributed by atoms with Gasteiger partial charge in [0.15, 0.2) is 0 Å². The molecular weight excluding hydrogens is 172 g/mol. The van der Waals surface area contributed by atoms with Gasteiger partial charge in [-0.3, -0.25) is 5.10 Å². The molecule has 1 heterocycles. The van der Waals surface area contributed by atoms with Crippen LogP contribution in [-0.2, 0) is 0 Å². The first-order valence-electron chi connectivity index (χ1n) is 4.17. The molecule has 1 aromatic rings. The van der Waals surface area contributed by atoms with Crippen LogP contribution >= 0.6 is 0 Å². The highest BCUT2D eigenvalue weighted by Crippen LogP contribution is 2.29. The van der Waals surface area contributed by atoms with Crippen LogP contribution in [0, 0.1) is 5.92 Å². The highest BCUT2D eigenvalue weighted by molar-refractivity contribution is 5.85. The van der Waals surface area contributed by atoms with E-state index in [1.165, 1.54) is 18.9 Å². The number of hydrogen-bond donors (Lipinski definition) is 2. The summed E-state index contributed by atoms with van der Waals surface area (Å²) in [5, 5.41) is 14.6. The summed E-state index contributed by atoms with van der Waals surface area (Å²) in [6, 6.07) is 1.39. The van der Waals surface area contributed by atoms with Crippen LogP contribution in [0.5, 0.6) is 5.88 Å². The SMILES string of the molecule is O=C(O)c1cc(OCC2CC2)n[nH]1. The Hall–Kier alpha value is -1.52.